The SMILES string of the molecule is CCN1C(=O)C2C(=NNC2C)C2CC(C#CCN(C(C)C)C(C)(C)C)=CC=C21. The Kier molecular flexibility index (Phi) is 5.72. The first-order valence-electron chi connectivity index (χ1n) is 10.5. The highest BCUT2D eigenvalue weighted by molar-refractivity contribution is 6.11. The smallest absolute Gasteiger partial charge is 0.237 e. The van der Waals surface area contributed by atoms with Gasteiger partial charge in [0, 0.05) is 35.3 Å². The van der Waals surface area contributed by atoms with E-state index in [9.17, 15) is 4.79 Å². The van der Waals surface area contributed by atoms with E-state index in [4.69, 9.17) is 0 Å². The maximum Gasteiger partial charge on any atom is 0.237 e. The Morgan fingerprint density at radius 3 is 2.68 bits per heavy atom. The monoisotopic (exact) mass is 382 g/mol. The molecule has 1 amide bonds. The number of hydrogen-bond donors (Lipinski definition) is 1. The third kappa shape index (κ3) is 3.75. The number of nitrogens with zero attached hydrogens (tertiary/aromatic N) is 3. The van der Waals surface area contributed by atoms with E-state index in [1.165, 1.54) is 0 Å². The second kappa shape index (κ2) is 7.75. The average molecular weight is 383 g/mol. The number of hydrogen-bond acceptors (Lipinski definition) is 4. The zero-order valence-corrected chi connectivity index (χ0v) is 18.3. The van der Waals surface area contributed by atoms with Gasteiger partial charge >= 0.3 is 0 Å². The first kappa shape index (κ1) is 20.7. The number of fused-ring (bicyclic) bond motifs is 3. The fourth-order valence-electron chi connectivity index (χ4n) is 4.60. The molecule has 1 saturated heterocycles. The van der Waals surface area contributed by atoms with Crippen LogP contribution in [0.15, 0.2) is 28.5 Å². The molecule has 3 rings (SSSR count). The highest BCUT2D eigenvalue weighted by Crippen LogP contribution is 2.39. The molecule has 28 heavy (non-hydrogen) atoms. The normalized spacial score (nSPS) is 26.8. The van der Waals surface area contributed by atoms with Crippen LogP contribution in [0.2, 0.25) is 0 Å². The molecule has 5 nitrogen and oxygen atoms in total. The number of carbonyl (C=O) groups excluding carboxylic acids is 1. The van der Waals surface area contributed by atoms with Gasteiger partial charge in [-0.3, -0.25) is 9.69 Å². The lowest BCUT2D eigenvalue weighted by Gasteiger charge is -2.40. The molecule has 2 heterocycles. The van der Waals surface area contributed by atoms with Gasteiger partial charge < -0.3 is 10.3 Å². The molecule has 0 saturated carbocycles. The molecule has 0 aromatic heterocycles. The van der Waals surface area contributed by atoms with Gasteiger partial charge in [0.1, 0.15) is 5.92 Å². The van der Waals surface area contributed by atoms with Gasteiger partial charge in [-0.15, -0.1) is 0 Å². The molecule has 1 N–H and O–H groups in total. The number of allylic oxidation sites excluding steroid dienone is 4. The fourth-order valence-corrected chi connectivity index (χ4v) is 4.60. The predicted molar refractivity (Wildman–Crippen MR) is 115 cm³/mol. The van der Waals surface area contributed by atoms with E-state index < -0.39 is 0 Å². The van der Waals surface area contributed by atoms with Crippen LogP contribution in [-0.4, -0.2) is 52.1 Å². The highest BCUT2D eigenvalue weighted by atomic mass is 16.2. The topological polar surface area (TPSA) is 47.9 Å². The van der Waals surface area contributed by atoms with Crippen LogP contribution < -0.4 is 5.43 Å². The van der Waals surface area contributed by atoms with Crippen LogP contribution in [0.3, 0.4) is 0 Å². The zero-order chi connectivity index (χ0) is 20.6. The van der Waals surface area contributed by atoms with Crippen LogP contribution in [0.5, 0.6) is 0 Å². The van der Waals surface area contributed by atoms with Crippen molar-refractivity contribution >= 4 is 11.6 Å². The standard InChI is InChI=1S/C23H34N4O/c1-8-26-19-12-11-17(10-9-13-27(15(2)3)23(5,6)7)14-18(19)21-20(22(26)28)16(4)24-25-21/h11-12,15-16,18,20,24H,8,13-14H2,1-7H3. The molecule has 2 aliphatic heterocycles. The molecule has 1 fully saturated rings. The van der Waals surface area contributed by atoms with Crippen LogP contribution >= 0.6 is 0 Å². The summed E-state index contributed by atoms with van der Waals surface area (Å²) in [7, 11) is 0. The number of carbonyl (C=O) groups is 1. The zero-order valence-electron chi connectivity index (χ0n) is 18.3. The van der Waals surface area contributed by atoms with Gasteiger partial charge in [-0.1, -0.05) is 11.8 Å². The van der Waals surface area contributed by atoms with Crippen LogP contribution in [0, 0.1) is 23.7 Å². The van der Waals surface area contributed by atoms with Crippen molar-refractivity contribution in [1.82, 2.24) is 15.2 Å². The van der Waals surface area contributed by atoms with Gasteiger partial charge in [0.05, 0.1) is 18.3 Å². The minimum Gasteiger partial charge on any atom is -0.315 e. The molecular weight excluding hydrogens is 348 g/mol. The molecule has 0 spiro atoms. The molecule has 0 aromatic rings. The van der Waals surface area contributed by atoms with Gasteiger partial charge in [0.15, 0.2) is 0 Å². The Morgan fingerprint density at radius 1 is 1.36 bits per heavy atom. The van der Waals surface area contributed by atoms with Crippen molar-refractivity contribution in [2.75, 3.05) is 13.1 Å². The summed E-state index contributed by atoms with van der Waals surface area (Å²) in [6.45, 7) is 16.6. The van der Waals surface area contributed by atoms with E-state index in [-0.39, 0.29) is 29.3 Å². The molecule has 0 radical (unpaired) electrons. The van der Waals surface area contributed by atoms with Crippen molar-refractivity contribution < 1.29 is 4.79 Å². The van der Waals surface area contributed by atoms with E-state index in [1.807, 2.05) is 18.7 Å². The number of amides is 1. The summed E-state index contributed by atoms with van der Waals surface area (Å²) in [5.41, 5.74) is 6.40. The largest absolute Gasteiger partial charge is 0.315 e. The van der Waals surface area contributed by atoms with Crippen molar-refractivity contribution in [3.63, 3.8) is 0 Å². The summed E-state index contributed by atoms with van der Waals surface area (Å²) in [5.74, 6) is 6.95. The van der Waals surface area contributed by atoms with Crippen molar-refractivity contribution in [3.8, 4) is 11.8 Å². The van der Waals surface area contributed by atoms with Crippen molar-refractivity contribution in [3.05, 3.63) is 23.4 Å². The van der Waals surface area contributed by atoms with E-state index in [1.54, 1.807) is 0 Å². The van der Waals surface area contributed by atoms with Crippen molar-refractivity contribution in [1.29, 1.82) is 0 Å². The van der Waals surface area contributed by atoms with E-state index >= 15 is 0 Å². The van der Waals surface area contributed by atoms with Gasteiger partial charge in [-0.25, -0.2) is 0 Å². The Morgan fingerprint density at radius 2 is 2.07 bits per heavy atom. The molecule has 3 aliphatic rings. The molecular formula is C23H34N4O. The molecule has 152 valence electrons. The average Bonchev–Trinajstić information content (AvgIpc) is 3.00. The second-order valence-corrected chi connectivity index (χ2v) is 9.25. The lowest BCUT2D eigenvalue weighted by atomic mass is 9.76. The molecule has 1 aliphatic carbocycles. The van der Waals surface area contributed by atoms with Gasteiger partial charge in [0.2, 0.25) is 5.91 Å². The Hall–Kier alpha value is -2.06. The lowest BCUT2D eigenvalue weighted by molar-refractivity contribution is -0.132. The lowest BCUT2D eigenvalue weighted by Crippen LogP contribution is -2.51. The summed E-state index contributed by atoms with van der Waals surface area (Å²) in [6, 6.07) is 0.509. The Bertz CT molecular complexity index is 788. The number of piperidine rings is 1. The molecule has 3 unspecified atom stereocenters. The summed E-state index contributed by atoms with van der Waals surface area (Å²) in [5, 5.41) is 4.54. The number of rotatable bonds is 3. The van der Waals surface area contributed by atoms with Crippen LogP contribution in [-0.2, 0) is 4.79 Å². The Balaban J connectivity index is 1.82. The maximum absolute atomic E-state index is 12.9. The summed E-state index contributed by atoms with van der Waals surface area (Å²) >= 11 is 0. The summed E-state index contributed by atoms with van der Waals surface area (Å²) in [4.78, 5) is 17.2. The number of likely N-dealkylation sites (tertiary alicyclic amines) is 1. The quantitative estimate of drug-likeness (QED) is 0.763. The third-order valence-electron chi connectivity index (χ3n) is 5.95. The first-order valence-corrected chi connectivity index (χ1v) is 10.5. The first-order chi connectivity index (χ1) is 13.1. The van der Waals surface area contributed by atoms with E-state index in [0.29, 0.717) is 12.6 Å². The van der Waals surface area contributed by atoms with Gasteiger partial charge in [-0.2, -0.15) is 5.10 Å². The molecule has 0 aromatic carbocycles. The summed E-state index contributed by atoms with van der Waals surface area (Å²) in [6.07, 6.45) is 4.98. The van der Waals surface area contributed by atoms with Gasteiger partial charge in [0.25, 0.3) is 0 Å². The molecule has 3 atom stereocenters. The minimum absolute atomic E-state index is 0.0601. The summed E-state index contributed by atoms with van der Waals surface area (Å²) < 4.78 is 0. The fraction of sp³-hybridized carbons (Fsp3) is 0.652. The predicted octanol–water partition coefficient (Wildman–Crippen LogP) is 3.15. The number of hydrazone groups is 1. The Labute approximate surface area is 169 Å². The minimum atomic E-state index is -0.147. The van der Waals surface area contributed by atoms with Gasteiger partial charge in [-0.05, 0) is 67.0 Å². The van der Waals surface area contributed by atoms with Crippen molar-refractivity contribution in [2.45, 2.75) is 72.5 Å². The van der Waals surface area contributed by atoms with Crippen molar-refractivity contribution in [2.24, 2.45) is 16.9 Å². The maximum atomic E-state index is 12.9. The van der Waals surface area contributed by atoms with Crippen LogP contribution in [0.1, 0.15) is 54.9 Å². The van der Waals surface area contributed by atoms with E-state index in [2.05, 4.69) is 74.0 Å². The van der Waals surface area contributed by atoms with Crippen LogP contribution in [0.4, 0.5) is 0 Å². The molecule has 0 bridgehead atoms. The second-order valence-electron chi connectivity index (χ2n) is 9.25. The molecule has 5 heteroatoms. The van der Waals surface area contributed by atoms with E-state index in [0.717, 1.165) is 29.9 Å². The highest BCUT2D eigenvalue weighted by Gasteiger charge is 2.48. The number of nitrogens with one attached hydrogen (secondary N) is 1. The third-order valence-corrected chi connectivity index (χ3v) is 5.95. The van der Waals surface area contributed by atoms with Crippen LogP contribution in [0.25, 0.3) is 0 Å².